The molecular weight excluding hydrogens is 282 g/mol. The summed E-state index contributed by atoms with van der Waals surface area (Å²) in [5.74, 6) is 1.50. The second-order valence-electron chi connectivity index (χ2n) is 3.47. The van der Waals surface area contributed by atoms with Crippen LogP contribution in [-0.4, -0.2) is 18.2 Å². The molecule has 4 heteroatoms. The molecule has 1 heterocycles. The predicted molar refractivity (Wildman–Crippen MR) is 71.8 cm³/mol. The van der Waals surface area contributed by atoms with Crippen LogP contribution < -0.4 is 9.47 Å². The fourth-order valence-electron chi connectivity index (χ4n) is 1.66. The van der Waals surface area contributed by atoms with Gasteiger partial charge in [0.25, 0.3) is 0 Å². The zero-order chi connectivity index (χ0) is 12.3. The molecule has 0 bridgehead atoms. The lowest BCUT2D eigenvalue weighted by Crippen LogP contribution is -1.98. The van der Waals surface area contributed by atoms with Crippen LogP contribution in [0.5, 0.6) is 11.5 Å². The van der Waals surface area contributed by atoms with E-state index in [1.54, 1.807) is 6.20 Å². The molecule has 1 aromatic heterocycles. The molecule has 0 spiro atoms. The number of hydrogen-bond donors (Lipinski definition) is 0. The molecule has 0 aliphatic carbocycles. The van der Waals surface area contributed by atoms with Gasteiger partial charge in [-0.1, -0.05) is 15.9 Å². The summed E-state index contributed by atoms with van der Waals surface area (Å²) in [5, 5.41) is 1.03. The summed E-state index contributed by atoms with van der Waals surface area (Å²) in [7, 11) is 0. The normalized spacial score (nSPS) is 10.5. The van der Waals surface area contributed by atoms with E-state index in [1.807, 2.05) is 32.0 Å². The van der Waals surface area contributed by atoms with E-state index in [-0.39, 0.29) is 0 Å². The van der Waals surface area contributed by atoms with E-state index in [4.69, 9.17) is 9.47 Å². The van der Waals surface area contributed by atoms with Crippen LogP contribution in [0.1, 0.15) is 13.8 Å². The van der Waals surface area contributed by atoms with Gasteiger partial charge in [-0.3, -0.25) is 4.98 Å². The fourth-order valence-corrected chi connectivity index (χ4v) is 2.09. The SMILES string of the molecule is CCOc1cc2nccc(Br)c2cc1OCC. The molecule has 17 heavy (non-hydrogen) atoms. The van der Waals surface area contributed by atoms with Crippen LogP contribution in [0.25, 0.3) is 10.9 Å². The molecule has 0 saturated carbocycles. The van der Waals surface area contributed by atoms with Crippen molar-refractivity contribution in [2.24, 2.45) is 0 Å². The van der Waals surface area contributed by atoms with Gasteiger partial charge in [-0.15, -0.1) is 0 Å². The molecular formula is C13H14BrNO2. The lowest BCUT2D eigenvalue weighted by Gasteiger charge is -2.12. The first-order valence-electron chi connectivity index (χ1n) is 5.60. The van der Waals surface area contributed by atoms with E-state index in [2.05, 4.69) is 20.9 Å². The van der Waals surface area contributed by atoms with Crippen molar-refractivity contribution in [3.05, 3.63) is 28.9 Å². The van der Waals surface area contributed by atoms with E-state index in [1.165, 1.54) is 0 Å². The Kier molecular flexibility index (Phi) is 3.84. The summed E-state index contributed by atoms with van der Waals surface area (Å²) in [6.07, 6.45) is 1.77. The summed E-state index contributed by atoms with van der Waals surface area (Å²) >= 11 is 3.51. The average molecular weight is 296 g/mol. The molecule has 1 aromatic carbocycles. The summed E-state index contributed by atoms with van der Waals surface area (Å²) < 4.78 is 12.1. The Labute approximate surface area is 109 Å². The number of rotatable bonds is 4. The van der Waals surface area contributed by atoms with Gasteiger partial charge in [0, 0.05) is 22.1 Å². The van der Waals surface area contributed by atoms with E-state index >= 15 is 0 Å². The maximum absolute atomic E-state index is 5.58. The Morgan fingerprint density at radius 3 is 2.41 bits per heavy atom. The van der Waals surface area contributed by atoms with E-state index in [0.717, 1.165) is 26.9 Å². The van der Waals surface area contributed by atoms with Gasteiger partial charge in [0.1, 0.15) is 0 Å². The summed E-state index contributed by atoms with van der Waals surface area (Å²) in [6.45, 7) is 5.13. The molecule has 0 saturated heterocycles. The highest BCUT2D eigenvalue weighted by Gasteiger charge is 2.09. The number of pyridine rings is 1. The Bertz CT molecular complexity index is 528. The van der Waals surface area contributed by atoms with E-state index in [0.29, 0.717) is 13.2 Å². The lowest BCUT2D eigenvalue weighted by atomic mass is 10.2. The molecule has 0 amide bonds. The molecule has 0 aliphatic heterocycles. The van der Waals surface area contributed by atoms with Crippen molar-refractivity contribution in [1.29, 1.82) is 0 Å². The zero-order valence-electron chi connectivity index (χ0n) is 9.87. The van der Waals surface area contributed by atoms with Crippen LogP contribution in [0.2, 0.25) is 0 Å². The molecule has 0 atom stereocenters. The Hall–Kier alpha value is -1.29. The van der Waals surface area contributed by atoms with Crippen molar-refractivity contribution in [2.75, 3.05) is 13.2 Å². The molecule has 2 aromatic rings. The van der Waals surface area contributed by atoms with Crippen LogP contribution >= 0.6 is 15.9 Å². The quantitative estimate of drug-likeness (QED) is 0.860. The molecule has 0 fully saturated rings. The number of hydrogen-bond acceptors (Lipinski definition) is 3. The molecule has 3 nitrogen and oxygen atoms in total. The summed E-state index contributed by atoms with van der Waals surface area (Å²) in [5.41, 5.74) is 0.895. The fraction of sp³-hybridized carbons (Fsp3) is 0.308. The Balaban J connectivity index is 2.59. The van der Waals surface area contributed by atoms with Crippen molar-refractivity contribution in [3.63, 3.8) is 0 Å². The van der Waals surface area contributed by atoms with E-state index in [9.17, 15) is 0 Å². The maximum atomic E-state index is 5.58. The molecule has 2 rings (SSSR count). The van der Waals surface area contributed by atoms with Gasteiger partial charge in [-0.05, 0) is 26.0 Å². The summed E-state index contributed by atoms with van der Waals surface area (Å²) in [4.78, 5) is 4.32. The van der Waals surface area contributed by atoms with Gasteiger partial charge in [0.05, 0.1) is 18.7 Å². The molecule has 0 radical (unpaired) electrons. The zero-order valence-corrected chi connectivity index (χ0v) is 11.5. The lowest BCUT2D eigenvalue weighted by molar-refractivity contribution is 0.288. The predicted octanol–water partition coefficient (Wildman–Crippen LogP) is 3.79. The Morgan fingerprint density at radius 2 is 1.76 bits per heavy atom. The van der Waals surface area contributed by atoms with Gasteiger partial charge in [-0.2, -0.15) is 0 Å². The first-order valence-corrected chi connectivity index (χ1v) is 6.39. The third-order valence-electron chi connectivity index (χ3n) is 2.35. The van der Waals surface area contributed by atoms with Crippen molar-refractivity contribution >= 4 is 26.8 Å². The number of aromatic nitrogens is 1. The Morgan fingerprint density at radius 1 is 1.12 bits per heavy atom. The molecule has 0 unspecified atom stereocenters. The highest BCUT2D eigenvalue weighted by atomic mass is 79.9. The van der Waals surface area contributed by atoms with Gasteiger partial charge < -0.3 is 9.47 Å². The minimum Gasteiger partial charge on any atom is -0.490 e. The standard InChI is InChI=1S/C13H14BrNO2/c1-3-16-12-7-9-10(14)5-6-15-11(9)8-13(12)17-4-2/h5-8H,3-4H2,1-2H3. The number of halogens is 1. The third kappa shape index (κ3) is 2.52. The van der Waals surface area contributed by atoms with Crippen LogP contribution in [-0.2, 0) is 0 Å². The van der Waals surface area contributed by atoms with Crippen LogP contribution in [0.4, 0.5) is 0 Å². The highest BCUT2D eigenvalue weighted by molar-refractivity contribution is 9.10. The molecule has 0 N–H and O–H groups in total. The topological polar surface area (TPSA) is 31.4 Å². The first-order chi connectivity index (χ1) is 8.26. The van der Waals surface area contributed by atoms with Crippen molar-refractivity contribution in [2.45, 2.75) is 13.8 Å². The highest BCUT2D eigenvalue weighted by Crippen LogP contribution is 2.34. The first kappa shape index (κ1) is 12.2. The largest absolute Gasteiger partial charge is 0.490 e. The monoisotopic (exact) mass is 295 g/mol. The molecule has 90 valence electrons. The van der Waals surface area contributed by atoms with Crippen LogP contribution in [0.3, 0.4) is 0 Å². The minimum absolute atomic E-state index is 0.611. The van der Waals surface area contributed by atoms with E-state index < -0.39 is 0 Å². The minimum atomic E-state index is 0.611. The van der Waals surface area contributed by atoms with Gasteiger partial charge in [0.15, 0.2) is 11.5 Å². The van der Waals surface area contributed by atoms with Crippen molar-refractivity contribution < 1.29 is 9.47 Å². The number of ether oxygens (including phenoxy) is 2. The average Bonchev–Trinajstić information content (AvgIpc) is 2.32. The van der Waals surface area contributed by atoms with Gasteiger partial charge in [0.2, 0.25) is 0 Å². The molecule has 0 aliphatic rings. The van der Waals surface area contributed by atoms with Gasteiger partial charge >= 0.3 is 0 Å². The number of fused-ring (bicyclic) bond motifs is 1. The van der Waals surface area contributed by atoms with Crippen molar-refractivity contribution in [1.82, 2.24) is 4.98 Å². The third-order valence-corrected chi connectivity index (χ3v) is 3.05. The summed E-state index contributed by atoms with van der Waals surface area (Å²) in [6, 6.07) is 5.79. The number of benzene rings is 1. The second-order valence-corrected chi connectivity index (χ2v) is 4.33. The van der Waals surface area contributed by atoms with Crippen LogP contribution in [0, 0.1) is 0 Å². The second kappa shape index (κ2) is 5.36. The van der Waals surface area contributed by atoms with Crippen LogP contribution in [0.15, 0.2) is 28.9 Å². The maximum Gasteiger partial charge on any atom is 0.163 e. The van der Waals surface area contributed by atoms with Crippen molar-refractivity contribution in [3.8, 4) is 11.5 Å². The van der Waals surface area contributed by atoms with Gasteiger partial charge in [-0.25, -0.2) is 0 Å². The number of nitrogens with zero attached hydrogens (tertiary/aromatic N) is 1. The smallest absolute Gasteiger partial charge is 0.163 e.